The number of benzene rings is 1. The lowest BCUT2D eigenvalue weighted by Crippen LogP contribution is -2.53. The Hall–Kier alpha value is -2.08. The van der Waals surface area contributed by atoms with Crippen molar-refractivity contribution in [1.82, 2.24) is 9.80 Å². The Morgan fingerprint density at radius 3 is 2.60 bits per heavy atom. The van der Waals surface area contributed by atoms with E-state index in [1.807, 2.05) is 11.0 Å². The maximum atomic E-state index is 7.89. The van der Waals surface area contributed by atoms with Gasteiger partial charge in [-0.1, -0.05) is 30.3 Å². The van der Waals surface area contributed by atoms with E-state index in [1.165, 1.54) is 5.56 Å². The zero-order valence-electron chi connectivity index (χ0n) is 11.8. The van der Waals surface area contributed by atoms with Crippen molar-refractivity contribution in [1.29, 1.82) is 5.41 Å². The predicted octanol–water partition coefficient (Wildman–Crippen LogP) is 0.401. The van der Waals surface area contributed by atoms with Crippen molar-refractivity contribution in [2.45, 2.75) is 19.5 Å². The van der Waals surface area contributed by atoms with E-state index in [0.29, 0.717) is 0 Å². The van der Waals surface area contributed by atoms with Gasteiger partial charge >= 0.3 is 0 Å². The van der Waals surface area contributed by atoms with E-state index < -0.39 is 0 Å². The average Bonchev–Trinajstić information content (AvgIpc) is 2.39. The van der Waals surface area contributed by atoms with Gasteiger partial charge in [-0.25, -0.2) is 0 Å². The van der Waals surface area contributed by atoms with Crippen LogP contribution in [0.2, 0.25) is 0 Å². The first-order chi connectivity index (χ1) is 9.56. The third kappa shape index (κ3) is 3.71. The molecule has 6 heteroatoms. The molecule has 1 saturated heterocycles. The molecule has 1 fully saturated rings. The molecule has 1 aliphatic rings. The quantitative estimate of drug-likeness (QED) is 0.537. The predicted molar refractivity (Wildman–Crippen MR) is 81.4 cm³/mol. The molecular weight excluding hydrogens is 252 g/mol. The lowest BCUT2D eigenvalue weighted by atomic mass is 10.1. The Labute approximate surface area is 119 Å². The molecule has 0 amide bonds. The number of guanidine groups is 2. The van der Waals surface area contributed by atoms with Crippen LogP contribution < -0.4 is 11.5 Å². The monoisotopic (exact) mass is 274 g/mol. The summed E-state index contributed by atoms with van der Waals surface area (Å²) in [6, 6.07) is 10.6. The SMILES string of the molecule is CC1CN(Cc2ccccc2)CCN1C(=N)N=C(N)N. The maximum Gasteiger partial charge on any atom is 0.221 e. The number of hydrogen-bond donors (Lipinski definition) is 3. The number of rotatable bonds is 2. The van der Waals surface area contributed by atoms with Gasteiger partial charge < -0.3 is 16.4 Å². The summed E-state index contributed by atoms with van der Waals surface area (Å²) in [5, 5.41) is 7.89. The second-order valence-electron chi connectivity index (χ2n) is 5.12. The Balaban J connectivity index is 1.92. The van der Waals surface area contributed by atoms with E-state index in [9.17, 15) is 0 Å². The minimum Gasteiger partial charge on any atom is -0.370 e. The molecule has 0 aliphatic carbocycles. The van der Waals surface area contributed by atoms with Gasteiger partial charge in [0, 0.05) is 32.2 Å². The Morgan fingerprint density at radius 1 is 1.30 bits per heavy atom. The van der Waals surface area contributed by atoms with E-state index in [1.54, 1.807) is 0 Å². The molecule has 5 N–H and O–H groups in total. The number of aliphatic imine (C=N–C) groups is 1. The number of hydrogen-bond acceptors (Lipinski definition) is 2. The average molecular weight is 274 g/mol. The summed E-state index contributed by atoms with van der Waals surface area (Å²) < 4.78 is 0. The first-order valence-corrected chi connectivity index (χ1v) is 6.77. The lowest BCUT2D eigenvalue weighted by Gasteiger charge is -2.40. The third-order valence-corrected chi connectivity index (χ3v) is 3.47. The van der Waals surface area contributed by atoms with Crippen molar-refractivity contribution in [3.63, 3.8) is 0 Å². The van der Waals surface area contributed by atoms with Gasteiger partial charge in [-0.2, -0.15) is 4.99 Å². The molecule has 1 aromatic rings. The van der Waals surface area contributed by atoms with Gasteiger partial charge in [0.2, 0.25) is 5.96 Å². The highest BCUT2D eigenvalue weighted by Crippen LogP contribution is 2.13. The second kappa shape index (κ2) is 6.38. The number of piperazine rings is 1. The topological polar surface area (TPSA) is 94.7 Å². The van der Waals surface area contributed by atoms with Gasteiger partial charge in [0.25, 0.3) is 0 Å². The molecule has 1 aliphatic heterocycles. The molecule has 1 heterocycles. The minimum absolute atomic E-state index is 0.0612. The first-order valence-electron chi connectivity index (χ1n) is 6.77. The zero-order chi connectivity index (χ0) is 14.5. The number of nitrogens with two attached hydrogens (primary N) is 2. The van der Waals surface area contributed by atoms with Crippen LogP contribution in [0.15, 0.2) is 35.3 Å². The number of nitrogens with zero attached hydrogens (tertiary/aromatic N) is 3. The van der Waals surface area contributed by atoms with Gasteiger partial charge in [0.1, 0.15) is 0 Å². The van der Waals surface area contributed by atoms with Crippen molar-refractivity contribution in [3.8, 4) is 0 Å². The molecule has 0 aromatic heterocycles. The van der Waals surface area contributed by atoms with Crippen LogP contribution in [0.1, 0.15) is 12.5 Å². The summed E-state index contributed by atoms with van der Waals surface area (Å²) in [6.45, 7) is 5.60. The largest absolute Gasteiger partial charge is 0.370 e. The molecule has 0 bridgehead atoms. The van der Waals surface area contributed by atoms with Crippen molar-refractivity contribution in [2.75, 3.05) is 19.6 Å². The van der Waals surface area contributed by atoms with E-state index in [-0.39, 0.29) is 18.0 Å². The van der Waals surface area contributed by atoms with Crippen LogP contribution in [0.3, 0.4) is 0 Å². The fourth-order valence-corrected chi connectivity index (χ4v) is 2.52. The van der Waals surface area contributed by atoms with Crippen LogP contribution in [-0.4, -0.2) is 47.4 Å². The fourth-order valence-electron chi connectivity index (χ4n) is 2.52. The highest BCUT2D eigenvalue weighted by atomic mass is 15.3. The smallest absolute Gasteiger partial charge is 0.221 e. The van der Waals surface area contributed by atoms with Crippen molar-refractivity contribution in [3.05, 3.63) is 35.9 Å². The van der Waals surface area contributed by atoms with Crippen molar-refractivity contribution in [2.24, 2.45) is 16.5 Å². The zero-order valence-corrected chi connectivity index (χ0v) is 11.8. The van der Waals surface area contributed by atoms with Crippen molar-refractivity contribution < 1.29 is 0 Å². The van der Waals surface area contributed by atoms with Crippen LogP contribution >= 0.6 is 0 Å². The highest BCUT2D eigenvalue weighted by Gasteiger charge is 2.25. The highest BCUT2D eigenvalue weighted by molar-refractivity contribution is 5.91. The Morgan fingerprint density at radius 2 is 2.00 bits per heavy atom. The summed E-state index contributed by atoms with van der Waals surface area (Å²) in [7, 11) is 0. The van der Waals surface area contributed by atoms with Gasteiger partial charge in [0.05, 0.1) is 0 Å². The molecular formula is C14H22N6. The maximum absolute atomic E-state index is 7.89. The third-order valence-electron chi connectivity index (χ3n) is 3.47. The first kappa shape index (κ1) is 14.3. The van der Waals surface area contributed by atoms with Crippen LogP contribution in [0.25, 0.3) is 0 Å². The molecule has 20 heavy (non-hydrogen) atoms. The normalized spacial score (nSPS) is 19.6. The molecule has 0 saturated carbocycles. The minimum atomic E-state index is -0.0612. The van der Waals surface area contributed by atoms with Gasteiger partial charge in [0.15, 0.2) is 5.96 Å². The molecule has 0 radical (unpaired) electrons. The summed E-state index contributed by atoms with van der Waals surface area (Å²) in [4.78, 5) is 8.14. The molecule has 108 valence electrons. The summed E-state index contributed by atoms with van der Waals surface area (Å²) in [5.41, 5.74) is 12.0. The summed E-state index contributed by atoms with van der Waals surface area (Å²) >= 11 is 0. The van der Waals surface area contributed by atoms with Gasteiger partial charge in [-0.3, -0.25) is 10.3 Å². The van der Waals surface area contributed by atoms with Gasteiger partial charge in [-0.05, 0) is 12.5 Å². The number of nitrogens with one attached hydrogen (secondary N) is 1. The molecule has 1 aromatic carbocycles. The molecule has 1 unspecified atom stereocenters. The van der Waals surface area contributed by atoms with Crippen LogP contribution in [0, 0.1) is 5.41 Å². The molecule has 2 rings (SSSR count). The fraction of sp³-hybridized carbons (Fsp3) is 0.429. The standard InChI is InChI=1S/C14H22N6/c1-11-9-19(10-12-5-3-2-4-6-12)7-8-20(11)14(17)18-13(15)16/h2-6,11H,7-10H2,1H3,(H5,15,16,17,18). The van der Waals surface area contributed by atoms with Crippen molar-refractivity contribution >= 4 is 11.9 Å². The molecule has 6 nitrogen and oxygen atoms in total. The van der Waals surface area contributed by atoms with E-state index in [4.69, 9.17) is 16.9 Å². The van der Waals surface area contributed by atoms with Crippen LogP contribution in [0.4, 0.5) is 0 Å². The second-order valence-corrected chi connectivity index (χ2v) is 5.12. The molecule has 1 atom stereocenters. The van der Waals surface area contributed by atoms with Crippen LogP contribution in [0.5, 0.6) is 0 Å². The molecule has 0 spiro atoms. The van der Waals surface area contributed by atoms with E-state index >= 15 is 0 Å². The van der Waals surface area contributed by atoms with E-state index in [2.05, 4.69) is 41.1 Å². The van der Waals surface area contributed by atoms with Crippen LogP contribution in [-0.2, 0) is 6.54 Å². The lowest BCUT2D eigenvalue weighted by molar-refractivity contribution is 0.128. The summed E-state index contributed by atoms with van der Waals surface area (Å²) in [6.07, 6.45) is 0. The van der Waals surface area contributed by atoms with Gasteiger partial charge in [-0.15, -0.1) is 0 Å². The Kier molecular flexibility index (Phi) is 4.57. The summed E-state index contributed by atoms with van der Waals surface area (Å²) in [5.74, 6) is 0.0887. The Bertz CT molecular complexity index is 480. The van der Waals surface area contributed by atoms with E-state index in [0.717, 1.165) is 26.2 Å².